The summed E-state index contributed by atoms with van der Waals surface area (Å²) in [5, 5.41) is 12.0. The van der Waals surface area contributed by atoms with Crippen molar-refractivity contribution in [2.45, 2.75) is 32.1 Å². The molecule has 1 atom stereocenters. The van der Waals surface area contributed by atoms with Crippen LogP contribution in [0.1, 0.15) is 31.2 Å². The summed E-state index contributed by atoms with van der Waals surface area (Å²) in [4.78, 5) is 36.9. The van der Waals surface area contributed by atoms with Crippen molar-refractivity contribution in [3.8, 4) is 0 Å². The Morgan fingerprint density at radius 1 is 1.17 bits per heavy atom. The van der Waals surface area contributed by atoms with Gasteiger partial charge in [0.2, 0.25) is 11.8 Å². The van der Waals surface area contributed by atoms with Gasteiger partial charge in [-0.05, 0) is 24.8 Å². The zero-order valence-electron chi connectivity index (χ0n) is 13.7. The van der Waals surface area contributed by atoms with E-state index in [1.54, 1.807) is 4.90 Å². The molecule has 1 aliphatic rings. The average molecular weight is 332 g/mol. The van der Waals surface area contributed by atoms with Crippen LogP contribution in [0.3, 0.4) is 0 Å². The zero-order valence-corrected chi connectivity index (χ0v) is 13.7. The molecule has 0 aliphatic carbocycles. The molecular formula is C18H24N2O4. The van der Waals surface area contributed by atoms with Crippen LogP contribution in [0.4, 0.5) is 0 Å². The van der Waals surface area contributed by atoms with Gasteiger partial charge in [-0.1, -0.05) is 36.8 Å². The quantitative estimate of drug-likeness (QED) is 0.791. The van der Waals surface area contributed by atoms with Crippen molar-refractivity contribution in [2.75, 3.05) is 19.6 Å². The van der Waals surface area contributed by atoms with Gasteiger partial charge in [-0.3, -0.25) is 14.4 Å². The highest BCUT2D eigenvalue weighted by molar-refractivity contribution is 5.85. The summed E-state index contributed by atoms with van der Waals surface area (Å²) in [6.07, 6.45) is 3.63. The van der Waals surface area contributed by atoms with Gasteiger partial charge >= 0.3 is 5.97 Å². The summed E-state index contributed by atoms with van der Waals surface area (Å²) in [6, 6.07) is 9.33. The minimum absolute atomic E-state index is 0.00159. The van der Waals surface area contributed by atoms with Gasteiger partial charge in [0.05, 0.1) is 12.5 Å². The molecule has 1 aromatic rings. The van der Waals surface area contributed by atoms with Crippen LogP contribution >= 0.6 is 0 Å². The van der Waals surface area contributed by atoms with Gasteiger partial charge in [0.1, 0.15) is 0 Å². The van der Waals surface area contributed by atoms with E-state index in [0.29, 0.717) is 19.4 Å². The second-order valence-electron chi connectivity index (χ2n) is 6.15. The molecular weight excluding hydrogens is 308 g/mol. The first kappa shape index (κ1) is 18.0. The third-order valence-electron chi connectivity index (χ3n) is 4.23. The topological polar surface area (TPSA) is 86.7 Å². The van der Waals surface area contributed by atoms with Crippen molar-refractivity contribution in [3.05, 3.63) is 35.9 Å². The van der Waals surface area contributed by atoms with Gasteiger partial charge in [0.15, 0.2) is 0 Å². The fraction of sp³-hybridized carbons (Fsp3) is 0.500. The summed E-state index contributed by atoms with van der Waals surface area (Å²) in [5.41, 5.74) is 0.918. The van der Waals surface area contributed by atoms with Crippen LogP contribution in [0, 0.1) is 5.92 Å². The summed E-state index contributed by atoms with van der Waals surface area (Å²) >= 11 is 0. The minimum Gasteiger partial charge on any atom is -0.481 e. The Bertz CT molecular complexity index is 574. The number of benzene rings is 1. The normalized spacial score (nSPS) is 16.3. The number of nitrogens with one attached hydrogen (secondary N) is 1. The van der Waals surface area contributed by atoms with Crippen molar-refractivity contribution in [1.82, 2.24) is 10.2 Å². The lowest BCUT2D eigenvalue weighted by Gasteiger charge is -2.20. The number of carbonyl (C=O) groups is 3. The predicted octanol–water partition coefficient (Wildman–Crippen LogP) is 1.45. The maximum Gasteiger partial charge on any atom is 0.308 e. The second-order valence-corrected chi connectivity index (χ2v) is 6.15. The summed E-state index contributed by atoms with van der Waals surface area (Å²) < 4.78 is 0. The highest BCUT2D eigenvalue weighted by Crippen LogP contribution is 2.11. The van der Waals surface area contributed by atoms with E-state index in [4.69, 9.17) is 0 Å². The molecule has 2 N–H and O–H groups in total. The number of carboxylic acids is 1. The summed E-state index contributed by atoms with van der Waals surface area (Å²) in [5.74, 6) is -1.92. The fourth-order valence-corrected chi connectivity index (χ4v) is 2.82. The number of amides is 2. The number of carbonyl (C=O) groups excluding carboxylic acids is 2. The molecule has 2 rings (SSSR count). The Kier molecular flexibility index (Phi) is 6.78. The molecule has 1 fully saturated rings. The van der Waals surface area contributed by atoms with Crippen LogP contribution in [0.2, 0.25) is 0 Å². The Balaban J connectivity index is 1.83. The molecule has 0 radical (unpaired) electrons. The standard InChI is InChI=1S/C18H24N2O4/c21-16(13-20-10-6-2-5-9-17(20)22)19-12-15(18(23)24)11-14-7-3-1-4-8-14/h1,3-4,7-8,15H,2,5-6,9-13H2,(H,19,21)(H,23,24). The predicted molar refractivity (Wildman–Crippen MR) is 89.3 cm³/mol. The molecule has 1 heterocycles. The largest absolute Gasteiger partial charge is 0.481 e. The number of nitrogens with zero attached hydrogens (tertiary/aromatic N) is 1. The Morgan fingerprint density at radius 3 is 2.62 bits per heavy atom. The Labute approximate surface area is 141 Å². The van der Waals surface area contributed by atoms with E-state index >= 15 is 0 Å². The van der Waals surface area contributed by atoms with Gasteiger partial charge in [-0.25, -0.2) is 0 Å². The van der Waals surface area contributed by atoms with Gasteiger partial charge in [0.25, 0.3) is 0 Å². The first-order valence-corrected chi connectivity index (χ1v) is 8.37. The smallest absolute Gasteiger partial charge is 0.308 e. The van der Waals surface area contributed by atoms with E-state index in [-0.39, 0.29) is 24.9 Å². The van der Waals surface area contributed by atoms with Crippen molar-refractivity contribution in [2.24, 2.45) is 5.92 Å². The third kappa shape index (κ3) is 5.68. The first-order valence-electron chi connectivity index (χ1n) is 8.37. The van der Waals surface area contributed by atoms with Gasteiger partial charge < -0.3 is 15.3 Å². The molecule has 0 bridgehead atoms. The maximum absolute atomic E-state index is 12.1. The molecule has 1 aliphatic heterocycles. The fourth-order valence-electron chi connectivity index (χ4n) is 2.82. The minimum atomic E-state index is -0.940. The highest BCUT2D eigenvalue weighted by atomic mass is 16.4. The second kappa shape index (κ2) is 9.05. The van der Waals surface area contributed by atoms with Crippen LogP contribution < -0.4 is 5.32 Å². The highest BCUT2D eigenvalue weighted by Gasteiger charge is 2.22. The Hall–Kier alpha value is -2.37. The lowest BCUT2D eigenvalue weighted by atomic mass is 9.99. The Morgan fingerprint density at radius 2 is 1.92 bits per heavy atom. The summed E-state index contributed by atoms with van der Waals surface area (Å²) in [6.45, 7) is 0.667. The molecule has 1 aromatic carbocycles. The van der Waals surface area contributed by atoms with Crippen LogP contribution in [-0.2, 0) is 20.8 Å². The molecule has 24 heavy (non-hydrogen) atoms. The molecule has 6 nitrogen and oxygen atoms in total. The van der Waals surface area contributed by atoms with Crippen molar-refractivity contribution < 1.29 is 19.5 Å². The lowest BCUT2D eigenvalue weighted by Crippen LogP contribution is -2.42. The van der Waals surface area contributed by atoms with Crippen LogP contribution in [-0.4, -0.2) is 47.4 Å². The molecule has 1 unspecified atom stereocenters. The number of hydrogen-bond donors (Lipinski definition) is 2. The third-order valence-corrected chi connectivity index (χ3v) is 4.23. The number of carboxylic acid groups (broad SMARTS) is 1. The van der Waals surface area contributed by atoms with Crippen molar-refractivity contribution in [3.63, 3.8) is 0 Å². The number of hydrogen-bond acceptors (Lipinski definition) is 3. The van der Waals surface area contributed by atoms with Crippen LogP contribution in [0.5, 0.6) is 0 Å². The maximum atomic E-state index is 12.1. The van der Waals surface area contributed by atoms with Crippen molar-refractivity contribution >= 4 is 17.8 Å². The van der Waals surface area contributed by atoms with E-state index in [1.165, 1.54) is 0 Å². The molecule has 1 saturated heterocycles. The average Bonchev–Trinajstić information content (AvgIpc) is 2.77. The number of rotatable bonds is 7. The monoisotopic (exact) mass is 332 g/mol. The lowest BCUT2D eigenvalue weighted by molar-refractivity contribution is -0.142. The van der Waals surface area contributed by atoms with Crippen LogP contribution in [0.25, 0.3) is 0 Å². The van der Waals surface area contributed by atoms with Crippen LogP contribution in [0.15, 0.2) is 30.3 Å². The first-order chi connectivity index (χ1) is 11.6. The van der Waals surface area contributed by atoms with E-state index in [1.807, 2.05) is 30.3 Å². The van der Waals surface area contributed by atoms with Gasteiger partial charge in [-0.15, -0.1) is 0 Å². The van der Waals surface area contributed by atoms with E-state index in [9.17, 15) is 19.5 Å². The van der Waals surface area contributed by atoms with E-state index < -0.39 is 11.9 Å². The molecule has 0 aromatic heterocycles. The van der Waals surface area contributed by atoms with Gasteiger partial charge in [-0.2, -0.15) is 0 Å². The van der Waals surface area contributed by atoms with Crippen molar-refractivity contribution in [1.29, 1.82) is 0 Å². The molecule has 0 spiro atoms. The SMILES string of the molecule is O=C(CN1CCCCCC1=O)NCC(Cc1ccccc1)C(=O)O. The number of aliphatic carboxylic acids is 1. The number of likely N-dealkylation sites (tertiary alicyclic amines) is 1. The molecule has 2 amide bonds. The zero-order chi connectivity index (χ0) is 17.4. The molecule has 6 heteroatoms. The van der Waals surface area contributed by atoms with Gasteiger partial charge in [0, 0.05) is 19.5 Å². The van der Waals surface area contributed by atoms with E-state index in [0.717, 1.165) is 24.8 Å². The summed E-state index contributed by atoms with van der Waals surface area (Å²) in [7, 11) is 0. The van der Waals surface area contributed by atoms with E-state index in [2.05, 4.69) is 5.32 Å². The molecule has 0 saturated carbocycles. The molecule has 130 valence electrons.